The predicted molar refractivity (Wildman–Crippen MR) is 133 cm³/mol. The van der Waals surface area contributed by atoms with Crippen LogP contribution in [0.15, 0.2) is 109 Å². The van der Waals surface area contributed by atoms with Crippen LogP contribution in [0.2, 0.25) is 0 Å². The van der Waals surface area contributed by atoms with Crippen molar-refractivity contribution in [3.63, 3.8) is 0 Å². The highest BCUT2D eigenvalue weighted by Crippen LogP contribution is 2.46. The Morgan fingerprint density at radius 1 is 0.971 bits per heavy atom. The van der Waals surface area contributed by atoms with Gasteiger partial charge in [-0.3, -0.25) is 9.59 Å². The van der Waals surface area contributed by atoms with Crippen molar-refractivity contribution in [3.05, 3.63) is 125 Å². The summed E-state index contributed by atoms with van der Waals surface area (Å²) in [7, 11) is 0. The van der Waals surface area contributed by atoms with Crippen molar-refractivity contribution >= 4 is 11.8 Å². The number of aromatic nitrogens is 1. The summed E-state index contributed by atoms with van der Waals surface area (Å²) in [5.41, 5.74) is 5.24. The first-order chi connectivity index (χ1) is 17.1. The molecule has 1 aliphatic heterocycles. The van der Waals surface area contributed by atoms with E-state index in [1.165, 1.54) is 0 Å². The van der Waals surface area contributed by atoms with Gasteiger partial charge in [0.05, 0.1) is 6.61 Å². The minimum atomic E-state index is -0.683. The number of ketones is 1. The molecule has 3 unspecified atom stereocenters. The standard InChI is InChI=1S/C30H28N2O3/c1-20-27(30(34)35-16-14-21-9-4-2-5-10-21)28(23-13-8-15-31-19-23)29-25(32-20)17-24(18-26(29)33)22-11-6-3-7-12-22/h2-13,15,19,24,27-28,32H,1,14,16-18H2/p+1. The number of esters is 1. The molecule has 0 saturated carbocycles. The van der Waals surface area contributed by atoms with Crippen LogP contribution in [-0.4, -0.2) is 18.4 Å². The van der Waals surface area contributed by atoms with E-state index in [0.717, 1.165) is 22.4 Å². The molecule has 3 aromatic rings. The Hall–Kier alpha value is -3.99. The SMILES string of the molecule is C=C1NC2=C(C(=O)CC(c3ccccc3)C2)C(c2ccc[nH+]c2)C1C(=O)OCCc1ccccc1. The van der Waals surface area contributed by atoms with Crippen LogP contribution in [0.1, 0.15) is 41.4 Å². The number of Topliss-reactive ketones (excluding diaryl/α,β-unsaturated/α-hetero) is 1. The largest absolute Gasteiger partial charge is 0.465 e. The summed E-state index contributed by atoms with van der Waals surface area (Å²) in [4.78, 5) is 30.1. The lowest BCUT2D eigenvalue weighted by atomic mass is 9.69. The van der Waals surface area contributed by atoms with Gasteiger partial charge in [0.2, 0.25) is 0 Å². The molecular weight excluding hydrogens is 436 g/mol. The van der Waals surface area contributed by atoms with Gasteiger partial charge in [0, 0.05) is 47.4 Å². The third-order valence-electron chi connectivity index (χ3n) is 6.93. The van der Waals surface area contributed by atoms with E-state index in [2.05, 4.69) is 29.0 Å². The highest BCUT2D eigenvalue weighted by Gasteiger charge is 2.46. The van der Waals surface area contributed by atoms with Crippen LogP contribution in [0.25, 0.3) is 0 Å². The molecule has 2 N–H and O–H groups in total. The van der Waals surface area contributed by atoms with Crippen LogP contribution in [0, 0.1) is 5.92 Å². The predicted octanol–water partition coefficient (Wildman–Crippen LogP) is 4.50. The van der Waals surface area contributed by atoms with Gasteiger partial charge in [-0.2, -0.15) is 0 Å². The van der Waals surface area contributed by atoms with E-state index in [-0.39, 0.29) is 24.3 Å². The lowest BCUT2D eigenvalue weighted by molar-refractivity contribution is -0.378. The highest BCUT2D eigenvalue weighted by molar-refractivity contribution is 6.01. The average Bonchev–Trinajstić information content (AvgIpc) is 2.89. The molecule has 2 aliphatic rings. The molecular formula is C30H29N2O3+. The number of pyridine rings is 1. The van der Waals surface area contributed by atoms with Gasteiger partial charge in [-0.15, -0.1) is 0 Å². The minimum Gasteiger partial charge on any atom is -0.465 e. The molecule has 1 aromatic heterocycles. The molecule has 35 heavy (non-hydrogen) atoms. The summed E-state index contributed by atoms with van der Waals surface area (Å²) >= 11 is 0. The Bertz CT molecular complexity index is 1250. The zero-order valence-corrected chi connectivity index (χ0v) is 19.6. The average molecular weight is 466 g/mol. The van der Waals surface area contributed by atoms with Crippen LogP contribution in [0.4, 0.5) is 0 Å². The molecule has 0 bridgehead atoms. The molecule has 176 valence electrons. The van der Waals surface area contributed by atoms with Crippen molar-refractivity contribution in [2.75, 3.05) is 6.61 Å². The van der Waals surface area contributed by atoms with E-state index >= 15 is 0 Å². The van der Waals surface area contributed by atoms with Crippen molar-refractivity contribution in [2.45, 2.75) is 31.1 Å². The number of ether oxygens (including phenoxy) is 1. The third kappa shape index (κ3) is 4.80. The fourth-order valence-electron chi connectivity index (χ4n) is 5.25. The van der Waals surface area contributed by atoms with Crippen molar-refractivity contribution in [1.29, 1.82) is 0 Å². The Morgan fingerprint density at radius 2 is 1.69 bits per heavy atom. The molecule has 5 nitrogen and oxygen atoms in total. The zero-order valence-electron chi connectivity index (χ0n) is 19.6. The molecule has 0 saturated heterocycles. The summed E-state index contributed by atoms with van der Waals surface area (Å²) in [6, 6.07) is 23.9. The Kier molecular flexibility index (Phi) is 6.57. The minimum absolute atomic E-state index is 0.0658. The molecule has 2 heterocycles. The molecule has 3 atom stereocenters. The van der Waals surface area contributed by atoms with E-state index < -0.39 is 11.8 Å². The van der Waals surface area contributed by atoms with Gasteiger partial charge >= 0.3 is 5.97 Å². The van der Waals surface area contributed by atoms with Crippen LogP contribution >= 0.6 is 0 Å². The summed E-state index contributed by atoms with van der Waals surface area (Å²) in [5, 5.41) is 3.34. The van der Waals surface area contributed by atoms with Crippen LogP contribution in [0.5, 0.6) is 0 Å². The fraction of sp³-hybridized carbons (Fsp3) is 0.233. The van der Waals surface area contributed by atoms with Crippen molar-refractivity contribution in [1.82, 2.24) is 5.32 Å². The molecule has 0 spiro atoms. The third-order valence-corrected chi connectivity index (χ3v) is 6.93. The Morgan fingerprint density at radius 3 is 2.40 bits per heavy atom. The maximum Gasteiger partial charge on any atom is 0.315 e. The number of benzene rings is 2. The molecule has 0 fully saturated rings. The topological polar surface area (TPSA) is 69.5 Å². The number of carbonyl (C=O) groups is 2. The van der Waals surface area contributed by atoms with Gasteiger partial charge in [0.1, 0.15) is 5.92 Å². The lowest BCUT2D eigenvalue weighted by Gasteiger charge is -2.39. The van der Waals surface area contributed by atoms with E-state index in [1.54, 1.807) is 0 Å². The van der Waals surface area contributed by atoms with Crippen molar-refractivity contribution in [3.8, 4) is 0 Å². The highest BCUT2D eigenvalue weighted by atomic mass is 16.5. The van der Waals surface area contributed by atoms with Gasteiger partial charge in [-0.05, 0) is 29.5 Å². The van der Waals surface area contributed by atoms with Crippen molar-refractivity contribution in [2.24, 2.45) is 5.92 Å². The second-order valence-corrected chi connectivity index (χ2v) is 9.18. The molecule has 1 aliphatic carbocycles. The number of H-pyrrole nitrogens is 1. The van der Waals surface area contributed by atoms with Crippen LogP contribution in [0.3, 0.4) is 0 Å². The van der Waals surface area contributed by atoms with Crippen LogP contribution < -0.4 is 10.3 Å². The fourth-order valence-corrected chi connectivity index (χ4v) is 5.25. The number of hydrogen-bond donors (Lipinski definition) is 1. The van der Waals surface area contributed by atoms with Gasteiger partial charge in [0.25, 0.3) is 0 Å². The second kappa shape index (κ2) is 10.1. The lowest BCUT2D eigenvalue weighted by Crippen LogP contribution is -2.42. The molecule has 5 rings (SSSR count). The number of aromatic amines is 1. The van der Waals surface area contributed by atoms with Crippen LogP contribution in [-0.2, 0) is 20.7 Å². The normalized spacial score (nSPS) is 21.8. The van der Waals surface area contributed by atoms with E-state index in [4.69, 9.17) is 4.74 Å². The smallest absolute Gasteiger partial charge is 0.315 e. The maximum atomic E-state index is 13.6. The quantitative estimate of drug-likeness (QED) is 0.544. The van der Waals surface area contributed by atoms with Gasteiger partial charge in [-0.25, -0.2) is 4.98 Å². The van der Waals surface area contributed by atoms with Gasteiger partial charge in [0.15, 0.2) is 18.2 Å². The number of allylic oxidation sites excluding steroid dienone is 2. The number of carbonyl (C=O) groups excluding carboxylic acids is 2. The molecule has 0 amide bonds. The zero-order chi connectivity index (χ0) is 24.2. The van der Waals surface area contributed by atoms with Gasteiger partial charge in [-0.1, -0.05) is 67.2 Å². The Balaban J connectivity index is 1.44. The summed E-state index contributed by atoms with van der Waals surface area (Å²) in [5.74, 6) is -1.32. The number of hydrogen-bond acceptors (Lipinski definition) is 4. The Labute approximate surface area is 205 Å². The first-order valence-corrected chi connectivity index (χ1v) is 12.1. The summed E-state index contributed by atoms with van der Waals surface area (Å²) in [6.45, 7) is 4.48. The number of nitrogens with one attached hydrogen (secondary N) is 2. The molecule has 0 radical (unpaired) electrons. The second-order valence-electron chi connectivity index (χ2n) is 9.18. The van der Waals surface area contributed by atoms with E-state index in [0.29, 0.717) is 30.5 Å². The summed E-state index contributed by atoms with van der Waals surface area (Å²) < 4.78 is 5.73. The first kappa shape index (κ1) is 22.8. The number of rotatable bonds is 6. The first-order valence-electron chi connectivity index (χ1n) is 12.1. The van der Waals surface area contributed by atoms with Crippen molar-refractivity contribution < 1.29 is 19.3 Å². The van der Waals surface area contributed by atoms with E-state index in [1.807, 2.05) is 73.1 Å². The molecule has 5 heteroatoms. The monoisotopic (exact) mass is 465 g/mol. The molecule has 2 aromatic carbocycles. The maximum absolute atomic E-state index is 13.6. The summed E-state index contributed by atoms with van der Waals surface area (Å²) in [6.07, 6.45) is 5.42. The van der Waals surface area contributed by atoms with Gasteiger partial charge < -0.3 is 10.1 Å². The van der Waals surface area contributed by atoms with E-state index in [9.17, 15) is 9.59 Å².